The lowest BCUT2D eigenvalue weighted by molar-refractivity contribution is -0.150. The minimum atomic E-state index is -0.664. The molecule has 1 fully saturated rings. The topological polar surface area (TPSA) is 92.8 Å². The molecular weight excluding hydrogens is 478 g/mol. The summed E-state index contributed by atoms with van der Waals surface area (Å²) >= 11 is 0. The van der Waals surface area contributed by atoms with E-state index in [1.807, 2.05) is 12.1 Å². The third kappa shape index (κ3) is 7.68. The number of piperidine rings is 1. The lowest BCUT2D eigenvalue weighted by atomic mass is 10.0. The Morgan fingerprint density at radius 3 is 2.16 bits per heavy atom. The van der Waals surface area contributed by atoms with E-state index in [2.05, 4.69) is 12.1 Å². The first-order chi connectivity index (χ1) is 18.0. The molecule has 9 nitrogen and oxygen atoms in total. The molecule has 0 N–H and O–H groups in total. The Hall–Kier alpha value is -3.62. The van der Waals surface area contributed by atoms with E-state index in [1.165, 1.54) is 31.8 Å². The van der Waals surface area contributed by atoms with Crippen LogP contribution in [-0.2, 0) is 16.0 Å². The Bertz CT molecular complexity index is 998. The predicted molar refractivity (Wildman–Crippen MR) is 138 cm³/mol. The van der Waals surface area contributed by atoms with Crippen LogP contribution in [0.4, 0.5) is 4.79 Å². The van der Waals surface area contributed by atoms with E-state index in [4.69, 9.17) is 28.4 Å². The Labute approximate surface area is 218 Å². The van der Waals surface area contributed by atoms with Gasteiger partial charge in [-0.1, -0.05) is 12.1 Å². The number of hydrogen-bond donors (Lipinski definition) is 0. The van der Waals surface area contributed by atoms with Gasteiger partial charge in [0.25, 0.3) is 0 Å². The van der Waals surface area contributed by atoms with Gasteiger partial charge in [-0.2, -0.15) is 0 Å². The van der Waals surface area contributed by atoms with Gasteiger partial charge >= 0.3 is 12.1 Å². The van der Waals surface area contributed by atoms with Crippen LogP contribution in [0.5, 0.6) is 28.7 Å². The number of rotatable bonds is 12. The molecular formula is C28H37NO8. The van der Waals surface area contributed by atoms with Gasteiger partial charge in [0.1, 0.15) is 17.5 Å². The summed E-state index contributed by atoms with van der Waals surface area (Å²) in [6.45, 7) is 0.749. The van der Waals surface area contributed by atoms with E-state index < -0.39 is 18.1 Å². The lowest BCUT2D eigenvalue weighted by Crippen LogP contribution is -2.49. The third-order valence-electron chi connectivity index (χ3n) is 6.37. The summed E-state index contributed by atoms with van der Waals surface area (Å²) in [6, 6.07) is 10.5. The fraction of sp³-hybridized carbons (Fsp3) is 0.500. The molecule has 3 rings (SSSR count). The minimum absolute atomic E-state index is 0.231. The molecule has 0 aliphatic carbocycles. The average Bonchev–Trinajstić information content (AvgIpc) is 2.94. The van der Waals surface area contributed by atoms with Crippen molar-refractivity contribution in [2.75, 3.05) is 41.6 Å². The number of nitrogens with zero attached hydrogens (tertiary/aromatic N) is 1. The molecule has 0 spiro atoms. The highest BCUT2D eigenvalue weighted by Crippen LogP contribution is 2.41. The summed E-state index contributed by atoms with van der Waals surface area (Å²) in [4.78, 5) is 27.3. The van der Waals surface area contributed by atoms with E-state index in [0.29, 0.717) is 36.8 Å². The van der Waals surface area contributed by atoms with Crippen LogP contribution in [0.15, 0.2) is 36.4 Å². The molecule has 0 radical (unpaired) electrons. The van der Waals surface area contributed by atoms with Gasteiger partial charge < -0.3 is 28.4 Å². The van der Waals surface area contributed by atoms with Crippen LogP contribution in [0.1, 0.15) is 44.1 Å². The molecule has 2 aromatic carbocycles. The van der Waals surface area contributed by atoms with Crippen molar-refractivity contribution < 1.29 is 38.0 Å². The van der Waals surface area contributed by atoms with Gasteiger partial charge in [-0.25, -0.2) is 9.59 Å². The van der Waals surface area contributed by atoms with Crippen LogP contribution in [0.2, 0.25) is 0 Å². The monoisotopic (exact) mass is 515 g/mol. The molecule has 1 unspecified atom stereocenters. The van der Waals surface area contributed by atoms with E-state index in [1.54, 1.807) is 19.2 Å². The number of unbranched alkanes of at least 4 members (excludes halogenated alkanes) is 2. The number of benzene rings is 2. The van der Waals surface area contributed by atoms with Gasteiger partial charge in [-0.3, -0.25) is 4.90 Å². The Morgan fingerprint density at radius 1 is 0.838 bits per heavy atom. The standard InChI is InChI=1S/C28H37NO8/c1-32-21-14-12-20(13-15-21)10-6-5-9-17-36-27(30)23-11-7-8-16-29(23)28(31)37-22-18-24(33-2)26(35-4)25(19-22)34-3/h12-15,18-19,23H,5-11,16-17H2,1-4H3. The van der Waals surface area contributed by atoms with Crippen molar-refractivity contribution in [3.63, 3.8) is 0 Å². The maximum Gasteiger partial charge on any atom is 0.415 e. The summed E-state index contributed by atoms with van der Waals surface area (Å²) < 4.78 is 32.3. The number of hydrogen-bond acceptors (Lipinski definition) is 8. The quantitative estimate of drug-likeness (QED) is 0.287. The van der Waals surface area contributed by atoms with Crippen molar-refractivity contribution in [2.45, 2.75) is 51.0 Å². The molecule has 1 aliphatic rings. The fourth-order valence-corrected chi connectivity index (χ4v) is 4.34. The highest BCUT2D eigenvalue weighted by molar-refractivity contribution is 5.82. The second kappa shape index (κ2) is 14.2. The van der Waals surface area contributed by atoms with Crippen molar-refractivity contribution in [3.8, 4) is 28.7 Å². The third-order valence-corrected chi connectivity index (χ3v) is 6.37. The molecule has 1 atom stereocenters. The highest BCUT2D eigenvalue weighted by atomic mass is 16.6. The zero-order chi connectivity index (χ0) is 26.6. The Kier molecular flexibility index (Phi) is 10.7. The maximum atomic E-state index is 13.0. The zero-order valence-corrected chi connectivity index (χ0v) is 22.1. The Balaban J connectivity index is 1.49. The number of amides is 1. The van der Waals surface area contributed by atoms with E-state index in [-0.39, 0.29) is 5.75 Å². The number of carbonyl (C=O) groups excluding carboxylic acids is 2. The summed E-state index contributed by atoms with van der Waals surface area (Å²) in [5.74, 6) is 1.82. The summed E-state index contributed by atoms with van der Waals surface area (Å²) in [6.07, 6.45) is 5.23. The first-order valence-electron chi connectivity index (χ1n) is 12.6. The van der Waals surface area contributed by atoms with Crippen LogP contribution in [-0.4, -0.2) is 64.6 Å². The van der Waals surface area contributed by atoms with Gasteiger partial charge in [-0.05, 0) is 62.6 Å². The Morgan fingerprint density at radius 2 is 1.54 bits per heavy atom. The van der Waals surface area contributed by atoms with E-state index >= 15 is 0 Å². The van der Waals surface area contributed by atoms with Gasteiger partial charge in [0.05, 0.1) is 35.0 Å². The molecule has 1 saturated heterocycles. The fourth-order valence-electron chi connectivity index (χ4n) is 4.34. The second-order valence-corrected chi connectivity index (χ2v) is 8.76. The zero-order valence-electron chi connectivity index (χ0n) is 22.1. The molecule has 9 heteroatoms. The summed E-state index contributed by atoms with van der Waals surface area (Å²) in [5, 5.41) is 0. The molecule has 1 aliphatic heterocycles. The van der Waals surface area contributed by atoms with Crippen LogP contribution >= 0.6 is 0 Å². The molecule has 1 amide bonds. The smallest absolute Gasteiger partial charge is 0.415 e. The number of methoxy groups -OCH3 is 4. The molecule has 37 heavy (non-hydrogen) atoms. The van der Waals surface area contributed by atoms with Crippen molar-refractivity contribution in [3.05, 3.63) is 42.0 Å². The van der Waals surface area contributed by atoms with Gasteiger partial charge in [0.2, 0.25) is 5.75 Å². The number of carbonyl (C=O) groups is 2. The van der Waals surface area contributed by atoms with Gasteiger partial charge in [0, 0.05) is 18.7 Å². The van der Waals surface area contributed by atoms with Crippen LogP contribution in [0.25, 0.3) is 0 Å². The van der Waals surface area contributed by atoms with Crippen molar-refractivity contribution in [1.82, 2.24) is 4.90 Å². The normalized spacial score (nSPS) is 15.0. The lowest BCUT2D eigenvalue weighted by Gasteiger charge is -2.33. The van der Waals surface area contributed by atoms with E-state index in [0.717, 1.165) is 44.3 Å². The SMILES string of the molecule is COc1ccc(CCCCCOC(=O)C2CCCCN2C(=O)Oc2cc(OC)c(OC)c(OC)c2)cc1. The minimum Gasteiger partial charge on any atom is -0.497 e. The first kappa shape index (κ1) is 28.0. The summed E-state index contributed by atoms with van der Waals surface area (Å²) in [7, 11) is 6.12. The van der Waals surface area contributed by atoms with Crippen molar-refractivity contribution in [1.29, 1.82) is 0 Å². The number of ether oxygens (including phenoxy) is 6. The van der Waals surface area contributed by atoms with Gasteiger partial charge in [-0.15, -0.1) is 0 Å². The first-order valence-corrected chi connectivity index (χ1v) is 12.6. The van der Waals surface area contributed by atoms with Crippen molar-refractivity contribution in [2.24, 2.45) is 0 Å². The van der Waals surface area contributed by atoms with Crippen LogP contribution < -0.4 is 23.7 Å². The summed E-state index contributed by atoms with van der Waals surface area (Å²) in [5.41, 5.74) is 1.25. The molecule has 202 valence electrons. The predicted octanol–water partition coefficient (Wildman–Crippen LogP) is 5.03. The molecule has 0 aromatic heterocycles. The second-order valence-electron chi connectivity index (χ2n) is 8.76. The largest absolute Gasteiger partial charge is 0.497 e. The molecule has 2 aromatic rings. The maximum absolute atomic E-state index is 13.0. The molecule has 1 heterocycles. The van der Waals surface area contributed by atoms with Crippen molar-refractivity contribution >= 4 is 12.1 Å². The highest BCUT2D eigenvalue weighted by Gasteiger charge is 2.34. The van der Waals surface area contributed by atoms with Crippen LogP contribution in [0, 0.1) is 0 Å². The van der Waals surface area contributed by atoms with E-state index in [9.17, 15) is 9.59 Å². The average molecular weight is 516 g/mol. The number of esters is 1. The van der Waals surface area contributed by atoms with Crippen LogP contribution in [0.3, 0.4) is 0 Å². The molecule has 0 bridgehead atoms. The number of aryl methyl sites for hydroxylation is 1. The number of likely N-dealkylation sites (tertiary alicyclic amines) is 1. The van der Waals surface area contributed by atoms with Gasteiger partial charge in [0.15, 0.2) is 11.5 Å². The molecule has 0 saturated carbocycles.